The molecule has 0 aliphatic carbocycles. The van der Waals surface area contributed by atoms with Crippen LogP contribution in [0.1, 0.15) is 18.9 Å². The molecule has 1 unspecified atom stereocenters. The smallest absolute Gasteiger partial charge is 0.235 e. The monoisotopic (exact) mass is 227 g/mol. The number of rotatable bonds is 5. The molecule has 0 bridgehead atoms. The second-order valence-corrected chi connectivity index (χ2v) is 4.45. The van der Waals surface area contributed by atoms with Crippen molar-refractivity contribution in [2.24, 2.45) is 5.84 Å². The lowest BCUT2D eigenvalue weighted by Crippen LogP contribution is -2.37. The first-order valence-corrected chi connectivity index (χ1v) is 5.78. The van der Waals surface area contributed by atoms with Crippen molar-refractivity contribution in [1.82, 2.24) is 10.3 Å². The maximum atomic E-state index is 11.1. The Labute approximate surface area is 94.0 Å². The molecule has 1 amide bonds. The molecule has 0 saturated carbocycles. The predicted molar refractivity (Wildman–Crippen MR) is 62.2 cm³/mol. The van der Waals surface area contributed by atoms with Crippen LogP contribution in [0.3, 0.4) is 0 Å². The summed E-state index contributed by atoms with van der Waals surface area (Å²) in [5.74, 6) is 4.91. The van der Waals surface area contributed by atoms with E-state index in [2.05, 4.69) is 27.2 Å². The summed E-state index contributed by atoms with van der Waals surface area (Å²) in [6.45, 7) is 2.88. The van der Waals surface area contributed by atoms with Crippen molar-refractivity contribution in [3.05, 3.63) is 22.4 Å². The van der Waals surface area contributed by atoms with Crippen molar-refractivity contribution in [2.75, 3.05) is 7.05 Å². The van der Waals surface area contributed by atoms with Crippen LogP contribution in [-0.2, 0) is 11.3 Å². The van der Waals surface area contributed by atoms with Gasteiger partial charge in [-0.2, -0.15) is 11.3 Å². The number of hydrazine groups is 1. The first-order valence-electron chi connectivity index (χ1n) is 4.84. The van der Waals surface area contributed by atoms with E-state index >= 15 is 0 Å². The van der Waals surface area contributed by atoms with Gasteiger partial charge in [-0.3, -0.25) is 15.1 Å². The summed E-state index contributed by atoms with van der Waals surface area (Å²) in [5, 5.41) is 4.17. The van der Waals surface area contributed by atoms with Gasteiger partial charge in [0.15, 0.2) is 0 Å². The molecule has 15 heavy (non-hydrogen) atoms. The minimum absolute atomic E-state index is 0.125. The second kappa shape index (κ2) is 5.85. The fourth-order valence-electron chi connectivity index (χ4n) is 1.31. The summed E-state index contributed by atoms with van der Waals surface area (Å²) in [4.78, 5) is 13.2. The molecular formula is C10H17N3OS. The molecular weight excluding hydrogens is 210 g/mol. The van der Waals surface area contributed by atoms with Crippen molar-refractivity contribution < 1.29 is 4.79 Å². The van der Waals surface area contributed by atoms with Crippen molar-refractivity contribution in [1.29, 1.82) is 0 Å². The van der Waals surface area contributed by atoms with E-state index < -0.39 is 0 Å². The summed E-state index contributed by atoms with van der Waals surface area (Å²) in [6.07, 6.45) is 0.428. The zero-order valence-electron chi connectivity index (χ0n) is 9.06. The molecule has 1 heterocycles. The number of nitrogens with zero attached hydrogens (tertiary/aromatic N) is 1. The molecule has 1 aromatic rings. The second-order valence-electron chi connectivity index (χ2n) is 3.67. The summed E-state index contributed by atoms with van der Waals surface area (Å²) in [6, 6.07) is 2.28. The number of carbonyl (C=O) groups is 1. The van der Waals surface area contributed by atoms with Crippen LogP contribution in [0.15, 0.2) is 16.8 Å². The van der Waals surface area contributed by atoms with E-state index in [-0.39, 0.29) is 11.9 Å². The summed E-state index contributed by atoms with van der Waals surface area (Å²) in [5.41, 5.74) is 3.43. The van der Waals surface area contributed by atoms with E-state index in [9.17, 15) is 4.79 Å². The van der Waals surface area contributed by atoms with E-state index in [4.69, 9.17) is 5.84 Å². The van der Waals surface area contributed by atoms with Gasteiger partial charge in [-0.25, -0.2) is 5.84 Å². The van der Waals surface area contributed by atoms with E-state index in [1.807, 2.05) is 14.0 Å². The van der Waals surface area contributed by atoms with Crippen LogP contribution in [0.25, 0.3) is 0 Å². The Bertz CT molecular complexity index is 300. The lowest BCUT2D eigenvalue weighted by atomic mass is 10.2. The van der Waals surface area contributed by atoms with E-state index in [1.165, 1.54) is 5.56 Å². The van der Waals surface area contributed by atoms with Gasteiger partial charge < -0.3 is 0 Å². The Morgan fingerprint density at radius 3 is 3.00 bits per heavy atom. The SMILES string of the molecule is CC(CC(=O)NN)N(C)Cc1ccsc1. The van der Waals surface area contributed by atoms with Crippen molar-refractivity contribution in [3.8, 4) is 0 Å². The molecule has 1 rings (SSSR count). The van der Waals surface area contributed by atoms with E-state index in [1.54, 1.807) is 11.3 Å². The standard InChI is InChI=1S/C10H17N3OS/c1-8(5-10(14)12-11)13(2)6-9-3-4-15-7-9/h3-4,7-8H,5-6,11H2,1-2H3,(H,12,14). The van der Waals surface area contributed by atoms with Crippen LogP contribution in [0.5, 0.6) is 0 Å². The molecule has 0 aromatic carbocycles. The maximum Gasteiger partial charge on any atom is 0.235 e. The summed E-state index contributed by atoms with van der Waals surface area (Å²) >= 11 is 1.69. The molecule has 84 valence electrons. The van der Waals surface area contributed by atoms with Crippen molar-refractivity contribution in [2.45, 2.75) is 25.9 Å². The van der Waals surface area contributed by atoms with E-state index in [0.29, 0.717) is 6.42 Å². The first-order chi connectivity index (χ1) is 7.13. The highest BCUT2D eigenvalue weighted by Gasteiger charge is 2.13. The summed E-state index contributed by atoms with van der Waals surface area (Å²) in [7, 11) is 2.01. The maximum absolute atomic E-state index is 11.1. The Morgan fingerprint density at radius 2 is 2.47 bits per heavy atom. The Morgan fingerprint density at radius 1 is 1.73 bits per heavy atom. The molecule has 5 heteroatoms. The highest BCUT2D eigenvalue weighted by molar-refractivity contribution is 7.07. The van der Waals surface area contributed by atoms with Crippen LogP contribution in [0.2, 0.25) is 0 Å². The fraction of sp³-hybridized carbons (Fsp3) is 0.500. The lowest BCUT2D eigenvalue weighted by Gasteiger charge is -2.23. The zero-order chi connectivity index (χ0) is 11.3. The molecule has 0 radical (unpaired) electrons. The van der Waals surface area contributed by atoms with Gasteiger partial charge in [-0.15, -0.1) is 0 Å². The van der Waals surface area contributed by atoms with Crippen LogP contribution in [-0.4, -0.2) is 23.9 Å². The van der Waals surface area contributed by atoms with Crippen molar-refractivity contribution in [3.63, 3.8) is 0 Å². The Kier molecular flexibility index (Phi) is 4.74. The van der Waals surface area contributed by atoms with Gasteiger partial charge >= 0.3 is 0 Å². The zero-order valence-corrected chi connectivity index (χ0v) is 9.88. The predicted octanol–water partition coefficient (Wildman–Crippen LogP) is 0.948. The first kappa shape index (κ1) is 12.2. The third-order valence-corrected chi connectivity index (χ3v) is 3.14. The lowest BCUT2D eigenvalue weighted by molar-refractivity contribution is -0.122. The number of hydrogen-bond acceptors (Lipinski definition) is 4. The van der Waals surface area contributed by atoms with Gasteiger partial charge in [-0.05, 0) is 36.4 Å². The minimum Gasteiger partial charge on any atom is -0.299 e. The van der Waals surface area contributed by atoms with Crippen molar-refractivity contribution >= 4 is 17.2 Å². The Balaban J connectivity index is 2.39. The molecule has 0 aliphatic heterocycles. The van der Waals surface area contributed by atoms with Gasteiger partial charge in [0.05, 0.1) is 0 Å². The van der Waals surface area contributed by atoms with Gasteiger partial charge in [0.25, 0.3) is 0 Å². The third kappa shape index (κ3) is 3.99. The van der Waals surface area contributed by atoms with Crippen LogP contribution < -0.4 is 11.3 Å². The van der Waals surface area contributed by atoms with Crippen LogP contribution in [0, 0.1) is 0 Å². The molecule has 0 spiro atoms. The number of carbonyl (C=O) groups excluding carboxylic acids is 1. The van der Waals surface area contributed by atoms with Gasteiger partial charge in [0, 0.05) is 19.0 Å². The molecule has 3 N–H and O–H groups in total. The minimum atomic E-state index is -0.125. The number of hydrogen-bond donors (Lipinski definition) is 2. The topological polar surface area (TPSA) is 58.4 Å². The average Bonchev–Trinajstić information content (AvgIpc) is 2.70. The number of nitrogens with two attached hydrogens (primary N) is 1. The van der Waals surface area contributed by atoms with Crippen LogP contribution in [0.4, 0.5) is 0 Å². The third-order valence-electron chi connectivity index (χ3n) is 2.41. The van der Waals surface area contributed by atoms with Gasteiger partial charge in [-0.1, -0.05) is 0 Å². The molecule has 0 aliphatic rings. The number of nitrogens with one attached hydrogen (secondary N) is 1. The molecule has 0 fully saturated rings. The molecule has 0 saturated heterocycles. The Hall–Kier alpha value is -0.910. The highest BCUT2D eigenvalue weighted by atomic mass is 32.1. The summed E-state index contributed by atoms with van der Waals surface area (Å²) < 4.78 is 0. The number of thiophene rings is 1. The average molecular weight is 227 g/mol. The highest BCUT2D eigenvalue weighted by Crippen LogP contribution is 2.11. The van der Waals surface area contributed by atoms with Crippen LogP contribution >= 0.6 is 11.3 Å². The molecule has 4 nitrogen and oxygen atoms in total. The van der Waals surface area contributed by atoms with Gasteiger partial charge in [0.2, 0.25) is 5.91 Å². The van der Waals surface area contributed by atoms with E-state index in [0.717, 1.165) is 6.54 Å². The quantitative estimate of drug-likeness (QED) is 0.447. The number of amides is 1. The normalized spacial score (nSPS) is 12.8. The fourth-order valence-corrected chi connectivity index (χ4v) is 1.97. The molecule has 1 aromatic heterocycles. The largest absolute Gasteiger partial charge is 0.299 e. The molecule has 1 atom stereocenters. The van der Waals surface area contributed by atoms with Gasteiger partial charge in [0.1, 0.15) is 0 Å².